The minimum Gasteiger partial charge on any atom is -0.493 e. The maximum atomic E-state index is 5.89. The van der Waals surface area contributed by atoms with Crippen LogP contribution in [-0.2, 0) is 5.41 Å². The van der Waals surface area contributed by atoms with Gasteiger partial charge >= 0.3 is 0 Å². The van der Waals surface area contributed by atoms with E-state index in [-0.39, 0.29) is 5.41 Å². The van der Waals surface area contributed by atoms with E-state index in [9.17, 15) is 0 Å². The predicted molar refractivity (Wildman–Crippen MR) is 175 cm³/mol. The Bertz CT molecular complexity index is 1380. The molecule has 42 heavy (non-hydrogen) atoms. The molecule has 0 N–H and O–H groups in total. The summed E-state index contributed by atoms with van der Waals surface area (Å²) >= 11 is 3.71. The predicted octanol–water partition coefficient (Wildman–Crippen LogP) is 9.53. The number of fused-ring (bicyclic) bond motifs is 2. The molecule has 218 valence electrons. The van der Waals surface area contributed by atoms with E-state index in [1.54, 1.807) is 24.8 Å². The number of rotatable bonds is 16. The van der Waals surface area contributed by atoms with Gasteiger partial charge in [0.2, 0.25) is 0 Å². The molecule has 5 rings (SSSR count). The maximum absolute atomic E-state index is 5.89. The van der Waals surface area contributed by atoms with E-state index in [2.05, 4.69) is 68.9 Å². The molecule has 4 nitrogen and oxygen atoms in total. The Morgan fingerprint density at radius 1 is 0.762 bits per heavy atom. The van der Waals surface area contributed by atoms with Crippen LogP contribution in [0.15, 0.2) is 83.4 Å². The van der Waals surface area contributed by atoms with Gasteiger partial charge in [-0.15, -0.1) is 0 Å². The zero-order valence-corrected chi connectivity index (χ0v) is 26.3. The van der Waals surface area contributed by atoms with Gasteiger partial charge in [0.1, 0.15) is 11.5 Å². The number of aryl methyl sites for hydroxylation is 1. The van der Waals surface area contributed by atoms with Crippen LogP contribution in [0.5, 0.6) is 11.5 Å². The molecule has 0 spiro atoms. The highest BCUT2D eigenvalue weighted by atomic mass is 79.9. The second kappa shape index (κ2) is 15.2. The summed E-state index contributed by atoms with van der Waals surface area (Å²) in [5.41, 5.74) is 7.21. The highest BCUT2D eigenvalue weighted by molar-refractivity contribution is 9.12. The van der Waals surface area contributed by atoms with Crippen molar-refractivity contribution in [1.82, 2.24) is 9.97 Å². The molecule has 1 aromatic carbocycles. The quantitative estimate of drug-likeness (QED) is 0.118. The molecule has 0 atom stereocenters. The van der Waals surface area contributed by atoms with E-state index in [1.165, 1.54) is 79.2 Å². The minimum absolute atomic E-state index is 0.0578. The first-order valence-electron chi connectivity index (χ1n) is 15.4. The lowest BCUT2D eigenvalue weighted by molar-refractivity contribution is 0.299. The Kier molecular flexibility index (Phi) is 10.9. The van der Waals surface area contributed by atoms with Gasteiger partial charge in [-0.2, -0.15) is 0 Å². The number of hydrogen-bond donors (Lipinski definition) is 0. The molecule has 2 heterocycles. The molecule has 0 amide bonds. The maximum Gasteiger partial charge on any atom is 0.122 e. The number of halogens is 1. The van der Waals surface area contributed by atoms with E-state index in [1.807, 2.05) is 24.3 Å². The van der Waals surface area contributed by atoms with Crippen molar-refractivity contribution in [2.24, 2.45) is 0 Å². The number of allylic oxidation sites excluding steroid dienone is 4. The number of benzene rings is 1. The summed E-state index contributed by atoms with van der Waals surface area (Å²) in [5, 5.41) is 0. The number of aromatic nitrogens is 2. The van der Waals surface area contributed by atoms with Gasteiger partial charge < -0.3 is 9.47 Å². The SMILES string of the molecule is Cc1ccc2c(c1)C1=C(CC#CC(Br)=C1)C2(CCCCCCOc1ccncc1)CCCCCCOc1ccncc1. The topological polar surface area (TPSA) is 44.2 Å². The molecule has 2 aromatic heterocycles. The van der Waals surface area contributed by atoms with Crippen LogP contribution < -0.4 is 9.47 Å². The zero-order chi connectivity index (χ0) is 29.0. The Hall–Kier alpha value is -3.36. The van der Waals surface area contributed by atoms with E-state index in [0.29, 0.717) is 0 Å². The summed E-state index contributed by atoms with van der Waals surface area (Å²) in [6.07, 6.45) is 21.9. The molecule has 0 radical (unpaired) electrons. The van der Waals surface area contributed by atoms with Crippen LogP contribution in [0, 0.1) is 18.8 Å². The molecule has 0 bridgehead atoms. The van der Waals surface area contributed by atoms with Crippen molar-refractivity contribution in [2.45, 2.75) is 83.0 Å². The van der Waals surface area contributed by atoms with Crippen LogP contribution in [0.3, 0.4) is 0 Å². The van der Waals surface area contributed by atoms with E-state index in [4.69, 9.17) is 9.47 Å². The smallest absolute Gasteiger partial charge is 0.122 e. The van der Waals surface area contributed by atoms with Gasteiger partial charge in [0.25, 0.3) is 0 Å². The fourth-order valence-electron chi connectivity index (χ4n) is 6.40. The largest absolute Gasteiger partial charge is 0.493 e. The second-order valence-electron chi connectivity index (χ2n) is 11.4. The average Bonchev–Trinajstić information content (AvgIpc) is 3.10. The van der Waals surface area contributed by atoms with Gasteiger partial charge in [-0.25, -0.2) is 0 Å². The Balaban J connectivity index is 1.22. The third-order valence-corrected chi connectivity index (χ3v) is 8.89. The highest BCUT2D eigenvalue weighted by Gasteiger charge is 2.43. The summed E-state index contributed by atoms with van der Waals surface area (Å²) in [6, 6.07) is 14.8. The fourth-order valence-corrected chi connectivity index (χ4v) is 6.77. The molecule has 0 aliphatic heterocycles. The summed E-state index contributed by atoms with van der Waals surface area (Å²) in [7, 11) is 0. The van der Waals surface area contributed by atoms with Crippen molar-refractivity contribution in [3.63, 3.8) is 0 Å². The molecule has 5 heteroatoms. The van der Waals surface area contributed by atoms with Gasteiger partial charge in [-0.3, -0.25) is 9.97 Å². The van der Waals surface area contributed by atoms with Crippen LogP contribution in [0.2, 0.25) is 0 Å². The van der Waals surface area contributed by atoms with Crippen LogP contribution in [-0.4, -0.2) is 23.2 Å². The summed E-state index contributed by atoms with van der Waals surface area (Å²) in [5.74, 6) is 8.59. The van der Waals surface area contributed by atoms with Crippen molar-refractivity contribution in [2.75, 3.05) is 13.2 Å². The highest BCUT2D eigenvalue weighted by Crippen LogP contribution is 2.54. The van der Waals surface area contributed by atoms with Crippen LogP contribution >= 0.6 is 15.9 Å². The van der Waals surface area contributed by atoms with Gasteiger partial charge in [-0.05, 0) is 101 Å². The standard InChI is InChI=1S/C37H41BrN2O2/c1-29-13-14-36-33(27-29)34-28-30(38)11-10-12-35(34)37(36,19-6-2-4-8-25-41-31-15-21-39-22-16-31)20-7-3-5-9-26-42-32-17-23-40-24-18-32/h13-18,21-24,27-28H,2-9,12,19-20,25-26H2,1H3. The molecule has 3 aromatic rings. The fraction of sp³-hybridized carbons (Fsp3) is 0.405. The van der Waals surface area contributed by atoms with Crippen molar-refractivity contribution in [3.8, 4) is 23.3 Å². The van der Waals surface area contributed by atoms with Crippen molar-refractivity contribution >= 4 is 21.5 Å². The Labute approximate surface area is 259 Å². The van der Waals surface area contributed by atoms with Crippen molar-refractivity contribution < 1.29 is 9.47 Å². The van der Waals surface area contributed by atoms with Crippen LogP contribution in [0.1, 0.15) is 87.3 Å². The van der Waals surface area contributed by atoms with Gasteiger partial charge in [0.15, 0.2) is 0 Å². The monoisotopic (exact) mass is 624 g/mol. The Morgan fingerprint density at radius 2 is 1.33 bits per heavy atom. The molecule has 0 fully saturated rings. The summed E-state index contributed by atoms with van der Waals surface area (Å²) in [6.45, 7) is 3.71. The van der Waals surface area contributed by atoms with E-state index >= 15 is 0 Å². The number of nitrogens with zero attached hydrogens (tertiary/aromatic N) is 2. The molecular weight excluding hydrogens is 584 g/mol. The Morgan fingerprint density at radius 3 is 1.93 bits per heavy atom. The number of hydrogen-bond acceptors (Lipinski definition) is 4. The number of pyridine rings is 2. The summed E-state index contributed by atoms with van der Waals surface area (Å²) in [4.78, 5) is 8.13. The molecular formula is C37H41BrN2O2. The first kappa shape index (κ1) is 30.1. The molecule has 0 saturated heterocycles. The van der Waals surface area contributed by atoms with E-state index < -0.39 is 0 Å². The first-order valence-corrected chi connectivity index (χ1v) is 16.2. The van der Waals surface area contributed by atoms with Crippen molar-refractivity contribution in [3.05, 3.63) is 100 Å². The number of ether oxygens (including phenoxy) is 2. The second-order valence-corrected chi connectivity index (χ2v) is 12.2. The zero-order valence-electron chi connectivity index (χ0n) is 24.7. The number of unbranched alkanes of at least 4 members (excludes halogenated alkanes) is 6. The first-order chi connectivity index (χ1) is 20.7. The lowest BCUT2D eigenvalue weighted by Crippen LogP contribution is -2.27. The van der Waals surface area contributed by atoms with Gasteiger partial charge in [0.05, 0.1) is 17.7 Å². The van der Waals surface area contributed by atoms with Gasteiger partial charge in [0, 0.05) is 36.6 Å². The molecule has 0 saturated carbocycles. The van der Waals surface area contributed by atoms with E-state index in [0.717, 1.165) is 48.5 Å². The lowest BCUT2D eigenvalue weighted by atomic mass is 9.69. The molecule has 2 aliphatic carbocycles. The molecule has 0 unspecified atom stereocenters. The minimum atomic E-state index is 0.0578. The third-order valence-electron chi connectivity index (χ3n) is 8.46. The summed E-state index contributed by atoms with van der Waals surface area (Å²) < 4.78 is 12.8. The lowest BCUT2D eigenvalue weighted by Gasteiger charge is -2.34. The molecule has 2 aliphatic rings. The van der Waals surface area contributed by atoms with Gasteiger partial charge in [-0.1, -0.05) is 74.1 Å². The average molecular weight is 626 g/mol. The van der Waals surface area contributed by atoms with Crippen molar-refractivity contribution in [1.29, 1.82) is 0 Å². The van der Waals surface area contributed by atoms with Crippen LogP contribution in [0.25, 0.3) is 5.57 Å². The van der Waals surface area contributed by atoms with Crippen LogP contribution in [0.4, 0.5) is 0 Å². The normalized spacial score (nSPS) is 14.8. The third kappa shape index (κ3) is 7.72.